The van der Waals surface area contributed by atoms with Crippen molar-refractivity contribution in [2.45, 2.75) is 44.7 Å². The second kappa shape index (κ2) is 7.35. The van der Waals surface area contributed by atoms with Gasteiger partial charge in [0.25, 0.3) is 0 Å². The normalized spacial score (nSPS) is 18.2. The van der Waals surface area contributed by atoms with Crippen LogP contribution in [-0.2, 0) is 24.3 Å². The Bertz CT molecular complexity index is 719. The van der Waals surface area contributed by atoms with E-state index < -0.39 is 0 Å². The number of hydrogen-bond acceptors (Lipinski definition) is 4. The molecule has 1 fully saturated rings. The van der Waals surface area contributed by atoms with Crippen molar-refractivity contribution in [1.29, 1.82) is 0 Å². The van der Waals surface area contributed by atoms with Crippen LogP contribution in [0.1, 0.15) is 42.4 Å². The number of carbonyl (C=O) groups is 1. The molecule has 1 saturated heterocycles. The summed E-state index contributed by atoms with van der Waals surface area (Å²) in [6.07, 6.45) is 3.40. The molecule has 0 unspecified atom stereocenters. The van der Waals surface area contributed by atoms with Crippen LogP contribution in [0.15, 0.2) is 30.3 Å². The highest BCUT2D eigenvalue weighted by atomic mass is 16.2. The number of nitrogens with one attached hydrogen (secondary N) is 1. The maximum atomic E-state index is 12.5. The van der Waals surface area contributed by atoms with Crippen molar-refractivity contribution in [2.75, 3.05) is 19.6 Å². The quantitative estimate of drug-likeness (QED) is 0.921. The molecule has 4 rings (SSSR count). The Morgan fingerprint density at radius 2 is 1.92 bits per heavy atom. The molecule has 1 amide bonds. The Morgan fingerprint density at radius 1 is 1.12 bits per heavy atom. The van der Waals surface area contributed by atoms with Crippen molar-refractivity contribution >= 4 is 5.91 Å². The molecule has 2 aromatic rings. The fourth-order valence-corrected chi connectivity index (χ4v) is 3.86. The van der Waals surface area contributed by atoms with Crippen LogP contribution in [0.25, 0.3) is 0 Å². The summed E-state index contributed by atoms with van der Waals surface area (Å²) in [6, 6.07) is 10.2. The Balaban J connectivity index is 1.31. The van der Waals surface area contributed by atoms with E-state index >= 15 is 0 Å². The van der Waals surface area contributed by atoms with Crippen molar-refractivity contribution < 1.29 is 4.79 Å². The van der Waals surface area contributed by atoms with Gasteiger partial charge in [0.1, 0.15) is 11.6 Å². The lowest BCUT2D eigenvalue weighted by molar-refractivity contribution is -0.132. The van der Waals surface area contributed by atoms with E-state index in [1.165, 1.54) is 5.56 Å². The molecule has 0 radical (unpaired) electrons. The highest BCUT2D eigenvalue weighted by Gasteiger charge is 2.28. The largest absolute Gasteiger partial charge is 0.343 e. The van der Waals surface area contributed by atoms with Crippen molar-refractivity contribution in [3.8, 4) is 0 Å². The number of rotatable bonds is 4. The van der Waals surface area contributed by atoms with Gasteiger partial charge in [-0.1, -0.05) is 30.3 Å². The molecule has 0 atom stereocenters. The van der Waals surface area contributed by atoms with E-state index in [1.54, 1.807) is 0 Å². The highest BCUT2D eigenvalue weighted by molar-refractivity contribution is 5.76. The minimum absolute atomic E-state index is 0.273. The average molecular weight is 339 g/mol. The summed E-state index contributed by atoms with van der Waals surface area (Å²) in [6.45, 7) is 4.41. The highest BCUT2D eigenvalue weighted by Crippen LogP contribution is 2.28. The number of benzene rings is 1. The van der Waals surface area contributed by atoms with Crippen LogP contribution in [0.2, 0.25) is 0 Å². The Kier molecular flexibility index (Phi) is 4.78. The van der Waals surface area contributed by atoms with E-state index in [2.05, 4.69) is 32.2 Å². The molecule has 0 aliphatic carbocycles. The Hall–Kier alpha value is -2.21. The first-order valence-electron chi connectivity index (χ1n) is 9.25. The lowest BCUT2D eigenvalue weighted by atomic mass is 9.95. The van der Waals surface area contributed by atoms with E-state index in [1.807, 2.05) is 23.1 Å². The van der Waals surface area contributed by atoms with Crippen molar-refractivity contribution in [2.24, 2.45) is 0 Å². The first kappa shape index (κ1) is 16.3. The van der Waals surface area contributed by atoms with Crippen LogP contribution in [-0.4, -0.2) is 45.2 Å². The van der Waals surface area contributed by atoms with Gasteiger partial charge < -0.3 is 14.8 Å². The van der Waals surface area contributed by atoms with Crippen LogP contribution in [0.4, 0.5) is 0 Å². The summed E-state index contributed by atoms with van der Waals surface area (Å²) in [4.78, 5) is 14.5. The van der Waals surface area contributed by atoms with Crippen LogP contribution in [0.5, 0.6) is 0 Å². The van der Waals surface area contributed by atoms with Gasteiger partial charge in [0.05, 0.1) is 6.54 Å². The number of nitrogens with zero attached hydrogens (tertiary/aromatic N) is 4. The van der Waals surface area contributed by atoms with E-state index in [9.17, 15) is 4.79 Å². The number of aromatic nitrogens is 3. The van der Waals surface area contributed by atoms with Gasteiger partial charge in [0.15, 0.2) is 0 Å². The number of carbonyl (C=O) groups excluding carboxylic acids is 1. The fourth-order valence-electron chi connectivity index (χ4n) is 3.86. The third-order valence-corrected chi connectivity index (χ3v) is 5.33. The minimum atomic E-state index is 0.273. The molecule has 0 spiro atoms. The van der Waals surface area contributed by atoms with Gasteiger partial charge in [0, 0.05) is 38.5 Å². The SMILES string of the molecule is O=C(CCc1ccccc1)N1CCC(c2nnc3n2CCNC3)CC1. The predicted molar refractivity (Wildman–Crippen MR) is 95.0 cm³/mol. The molecule has 25 heavy (non-hydrogen) atoms. The van der Waals surface area contributed by atoms with Gasteiger partial charge in [-0.2, -0.15) is 0 Å². The summed E-state index contributed by atoms with van der Waals surface area (Å²) in [7, 11) is 0. The fraction of sp³-hybridized carbons (Fsp3) is 0.526. The lowest BCUT2D eigenvalue weighted by Gasteiger charge is -2.32. The van der Waals surface area contributed by atoms with Crippen LogP contribution >= 0.6 is 0 Å². The van der Waals surface area contributed by atoms with Gasteiger partial charge in [-0.25, -0.2) is 0 Å². The third kappa shape index (κ3) is 3.58. The first-order chi connectivity index (χ1) is 12.3. The second-order valence-electron chi connectivity index (χ2n) is 6.94. The van der Waals surface area contributed by atoms with Crippen molar-refractivity contribution in [3.63, 3.8) is 0 Å². The molecule has 6 heteroatoms. The number of piperidine rings is 1. The summed E-state index contributed by atoms with van der Waals surface area (Å²) in [5.41, 5.74) is 1.23. The zero-order valence-corrected chi connectivity index (χ0v) is 14.5. The van der Waals surface area contributed by atoms with Gasteiger partial charge in [0.2, 0.25) is 5.91 Å². The lowest BCUT2D eigenvalue weighted by Crippen LogP contribution is -2.39. The van der Waals surface area contributed by atoms with Crippen LogP contribution in [0.3, 0.4) is 0 Å². The zero-order chi connectivity index (χ0) is 17.1. The maximum absolute atomic E-state index is 12.5. The van der Waals surface area contributed by atoms with Gasteiger partial charge in [-0.3, -0.25) is 4.79 Å². The second-order valence-corrected chi connectivity index (χ2v) is 6.94. The molecular formula is C19H25N5O. The van der Waals surface area contributed by atoms with Crippen LogP contribution < -0.4 is 5.32 Å². The number of fused-ring (bicyclic) bond motifs is 1. The molecule has 2 aliphatic heterocycles. The topological polar surface area (TPSA) is 63.1 Å². The van der Waals surface area contributed by atoms with Gasteiger partial charge >= 0.3 is 0 Å². The van der Waals surface area contributed by atoms with E-state index in [0.29, 0.717) is 12.3 Å². The first-order valence-corrected chi connectivity index (χ1v) is 9.25. The number of likely N-dealkylation sites (tertiary alicyclic amines) is 1. The average Bonchev–Trinajstić information content (AvgIpc) is 3.11. The van der Waals surface area contributed by atoms with E-state index in [-0.39, 0.29) is 5.91 Å². The van der Waals surface area contributed by atoms with Crippen molar-refractivity contribution in [1.82, 2.24) is 25.0 Å². The Morgan fingerprint density at radius 3 is 2.72 bits per heavy atom. The molecular weight excluding hydrogens is 314 g/mol. The number of hydrogen-bond donors (Lipinski definition) is 1. The molecule has 1 aromatic carbocycles. The molecule has 6 nitrogen and oxygen atoms in total. The third-order valence-electron chi connectivity index (χ3n) is 5.33. The molecule has 3 heterocycles. The Labute approximate surface area is 148 Å². The summed E-state index contributed by atoms with van der Waals surface area (Å²) in [5, 5.41) is 12.1. The van der Waals surface area contributed by atoms with E-state index in [4.69, 9.17) is 0 Å². The van der Waals surface area contributed by atoms with Crippen LogP contribution in [0, 0.1) is 0 Å². The molecule has 1 aromatic heterocycles. The minimum Gasteiger partial charge on any atom is -0.343 e. The summed E-state index contributed by atoms with van der Waals surface area (Å²) >= 11 is 0. The number of amides is 1. The number of aryl methyl sites for hydroxylation is 1. The molecule has 0 saturated carbocycles. The maximum Gasteiger partial charge on any atom is 0.222 e. The van der Waals surface area contributed by atoms with Gasteiger partial charge in [-0.05, 0) is 24.8 Å². The zero-order valence-electron chi connectivity index (χ0n) is 14.5. The summed E-state index contributed by atoms with van der Waals surface area (Å²) < 4.78 is 2.27. The monoisotopic (exact) mass is 339 g/mol. The molecule has 0 bridgehead atoms. The molecule has 1 N–H and O–H groups in total. The standard InChI is InChI=1S/C19H25N5O/c25-18(7-6-15-4-2-1-3-5-15)23-11-8-16(9-12-23)19-22-21-17-14-20-10-13-24(17)19/h1-5,16,20H,6-14H2. The summed E-state index contributed by atoms with van der Waals surface area (Å²) in [5.74, 6) is 2.86. The van der Waals surface area contributed by atoms with Crippen molar-refractivity contribution in [3.05, 3.63) is 47.5 Å². The molecule has 132 valence electrons. The predicted octanol–water partition coefficient (Wildman–Crippen LogP) is 1.72. The van der Waals surface area contributed by atoms with Gasteiger partial charge in [-0.15, -0.1) is 10.2 Å². The van der Waals surface area contributed by atoms with E-state index in [0.717, 1.165) is 63.6 Å². The molecule has 2 aliphatic rings. The smallest absolute Gasteiger partial charge is 0.222 e.